The Morgan fingerprint density at radius 1 is 0.912 bits per heavy atom. The Balaban J connectivity index is 1.71. The lowest BCUT2D eigenvalue weighted by Crippen LogP contribution is -2.38. The fourth-order valence-corrected chi connectivity index (χ4v) is 5.22. The molecule has 3 nitrogen and oxygen atoms in total. The number of ether oxygens (including phenoxy) is 1. The van der Waals surface area contributed by atoms with Gasteiger partial charge in [0.15, 0.2) is 0 Å². The summed E-state index contributed by atoms with van der Waals surface area (Å²) < 4.78 is 88.5. The fourth-order valence-electron chi connectivity index (χ4n) is 5.00. The summed E-state index contributed by atoms with van der Waals surface area (Å²) in [5.41, 5.74) is -2.59. The molecule has 180 valence electrons. The molecule has 3 atom stereocenters. The summed E-state index contributed by atoms with van der Waals surface area (Å²) in [6, 6.07) is 10.8. The summed E-state index contributed by atoms with van der Waals surface area (Å²) in [6.45, 7) is 0.639. The van der Waals surface area contributed by atoms with Crippen LogP contribution in [0.15, 0.2) is 48.5 Å². The first-order chi connectivity index (χ1) is 16.1. The molecule has 1 aromatic heterocycles. The largest absolute Gasteiger partial charge is 0.433 e. The minimum absolute atomic E-state index is 0.00171. The van der Waals surface area contributed by atoms with E-state index < -0.39 is 41.5 Å². The molecule has 1 unspecified atom stereocenters. The van der Waals surface area contributed by atoms with Crippen LogP contribution in [0.25, 0.3) is 10.9 Å². The van der Waals surface area contributed by atoms with Crippen LogP contribution in [0.4, 0.5) is 26.3 Å². The van der Waals surface area contributed by atoms with Gasteiger partial charge in [-0.25, -0.2) is 4.98 Å². The maximum Gasteiger partial charge on any atom is 0.433 e. The smallest absolute Gasteiger partial charge is 0.349 e. The summed E-state index contributed by atoms with van der Waals surface area (Å²) >= 11 is 6.39. The topological polar surface area (TPSA) is 25.4 Å². The summed E-state index contributed by atoms with van der Waals surface area (Å²) in [4.78, 5) is 5.45. The molecule has 34 heavy (non-hydrogen) atoms. The van der Waals surface area contributed by atoms with Gasteiger partial charge in [0.1, 0.15) is 18.0 Å². The van der Waals surface area contributed by atoms with Gasteiger partial charge in [-0.15, -0.1) is 0 Å². The van der Waals surface area contributed by atoms with Gasteiger partial charge in [-0.1, -0.05) is 48.4 Å². The van der Waals surface area contributed by atoms with Crippen LogP contribution >= 0.6 is 11.6 Å². The van der Waals surface area contributed by atoms with Crippen LogP contribution < -0.4 is 0 Å². The number of piperidine rings is 1. The molecule has 3 heterocycles. The number of benzene rings is 2. The predicted octanol–water partition coefficient (Wildman–Crippen LogP) is 7.55. The third-order valence-corrected chi connectivity index (χ3v) is 6.81. The van der Waals surface area contributed by atoms with Crippen molar-refractivity contribution in [1.29, 1.82) is 0 Å². The number of alkyl halides is 6. The molecule has 2 saturated heterocycles. The van der Waals surface area contributed by atoms with E-state index in [9.17, 15) is 26.3 Å². The average Bonchev–Trinajstić information content (AvgIpc) is 3.16. The summed E-state index contributed by atoms with van der Waals surface area (Å²) in [6.07, 6.45) is -8.94. The third-order valence-electron chi connectivity index (χ3n) is 6.46. The number of nitrogens with zero attached hydrogens (tertiary/aromatic N) is 2. The molecule has 2 aliphatic heterocycles. The molecule has 0 bridgehead atoms. The van der Waals surface area contributed by atoms with E-state index >= 15 is 0 Å². The zero-order valence-electron chi connectivity index (χ0n) is 17.6. The van der Waals surface area contributed by atoms with E-state index in [-0.39, 0.29) is 17.0 Å². The SMILES string of the molecule is FC(F)(F)c1cc([C@@H]2OC(c3ccccc3Cl)N3CCCC[C@H]23)c2cccc(C(F)(F)F)c2n1. The van der Waals surface area contributed by atoms with Crippen LogP contribution in [-0.2, 0) is 17.1 Å². The number of rotatable bonds is 2. The van der Waals surface area contributed by atoms with Gasteiger partial charge in [0.25, 0.3) is 0 Å². The van der Waals surface area contributed by atoms with Crippen molar-refractivity contribution in [2.75, 3.05) is 6.54 Å². The number of fused-ring (bicyclic) bond motifs is 2. The number of halogens is 7. The fraction of sp³-hybridized carbons (Fsp3) is 0.375. The Hall–Kier alpha value is -2.36. The third kappa shape index (κ3) is 4.03. The molecule has 0 N–H and O–H groups in total. The predicted molar refractivity (Wildman–Crippen MR) is 114 cm³/mol. The van der Waals surface area contributed by atoms with E-state index in [1.807, 2.05) is 4.90 Å². The quantitative estimate of drug-likeness (QED) is 0.340. The van der Waals surface area contributed by atoms with Gasteiger partial charge in [0.05, 0.1) is 11.1 Å². The second-order valence-electron chi connectivity index (χ2n) is 8.53. The van der Waals surface area contributed by atoms with E-state index in [0.717, 1.165) is 25.0 Å². The summed E-state index contributed by atoms with van der Waals surface area (Å²) in [7, 11) is 0. The Bertz CT molecular complexity index is 1230. The molecule has 3 aromatic rings. The molecule has 0 radical (unpaired) electrons. The minimum Gasteiger partial charge on any atom is -0.349 e. The number of para-hydroxylation sites is 1. The lowest BCUT2D eigenvalue weighted by atomic mass is 9.91. The van der Waals surface area contributed by atoms with Gasteiger partial charge >= 0.3 is 12.4 Å². The lowest BCUT2D eigenvalue weighted by molar-refractivity contribution is -0.142. The first-order valence-corrected chi connectivity index (χ1v) is 11.2. The molecule has 5 rings (SSSR count). The second-order valence-corrected chi connectivity index (χ2v) is 8.93. The van der Waals surface area contributed by atoms with Crippen LogP contribution in [0.2, 0.25) is 5.02 Å². The highest BCUT2D eigenvalue weighted by Gasteiger charge is 2.47. The van der Waals surface area contributed by atoms with Crippen LogP contribution in [-0.4, -0.2) is 22.5 Å². The normalized spacial score (nSPS) is 23.9. The molecule has 0 saturated carbocycles. The molecule has 2 aliphatic rings. The average molecular weight is 501 g/mol. The second kappa shape index (κ2) is 8.39. The monoisotopic (exact) mass is 500 g/mol. The highest BCUT2D eigenvalue weighted by atomic mass is 35.5. The molecule has 0 amide bonds. The maximum absolute atomic E-state index is 13.7. The number of pyridine rings is 1. The van der Waals surface area contributed by atoms with Crippen LogP contribution in [0.5, 0.6) is 0 Å². The van der Waals surface area contributed by atoms with Crippen molar-refractivity contribution >= 4 is 22.5 Å². The van der Waals surface area contributed by atoms with E-state index in [4.69, 9.17) is 16.3 Å². The van der Waals surface area contributed by atoms with Crippen molar-refractivity contribution in [3.05, 3.63) is 75.9 Å². The zero-order valence-corrected chi connectivity index (χ0v) is 18.4. The van der Waals surface area contributed by atoms with Crippen molar-refractivity contribution in [1.82, 2.24) is 9.88 Å². The van der Waals surface area contributed by atoms with Gasteiger partial charge in [-0.3, -0.25) is 4.90 Å². The summed E-state index contributed by atoms with van der Waals surface area (Å²) in [5.74, 6) is 0. The Labute approximate surface area is 196 Å². The maximum atomic E-state index is 13.7. The zero-order chi connectivity index (χ0) is 24.3. The van der Waals surface area contributed by atoms with E-state index in [0.29, 0.717) is 23.6 Å². The van der Waals surface area contributed by atoms with Crippen molar-refractivity contribution in [2.24, 2.45) is 0 Å². The number of hydrogen-bond donors (Lipinski definition) is 0. The Morgan fingerprint density at radius 2 is 1.68 bits per heavy atom. The highest BCUT2D eigenvalue weighted by molar-refractivity contribution is 6.31. The molecule has 2 fully saturated rings. The van der Waals surface area contributed by atoms with Crippen LogP contribution in [0.1, 0.15) is 54.0 Å². The van der Waals surface area contributed by atoms with Crippen LogP contribution in [0, 0.1) is 0 Å². The number of aromatic nitrogens is 1. The van der Waals surface area contributed by atoms with E-state index in [1.54, 1.807) is 24.3 Å². The van der Waals surface area contributed by atoms with E-state index in [2.05, 4.69) is 4.98 Å². The molecular weight excluding hydrogens is 482 g/mol. The van der Waals surface area contributed by atoms with Gasteiger partial charge in [-0.05, 0) is 36.6 Å². The molecule has 2 aromatic carbocycles. The van der Waals surface area contributed by atoms with Crippen molar-refractivity contribution in [2.45, 2.75) is 50.0 Å². The molecule has 10 heteroatoms. The lowest BCUT2D eigenvalue weighted by Gasteiger charge is -2.33. The van der Waals surface area contributed by atoms with Crippen LogP contribution in [0.3, 0.4) is 0 Å². The minimum atomic E-state index is -4.92. The Kier molecular flexibility index (Phi) is 5.77. The van der Waals surface area contributed by atoms with Gasteiger partial charge in [-0.2, -0.15) is 26.3 Å². The van der Waals surface area contributed by atoms with Crippen molar-refractivity contribution < 1.29 is 31.1 Å². The molecule has 0 spiro atoms. The molecular formula is C24H19ClF6N2O. The standard InChI is InChI=1S/C24H19ClF6N2O/c25-17-9-2-1-6-14(17)22-33-11-4-3-10-18(33)21(34-22)15-12-19(24(29,30)31)32-20-13(15)7-5-8-16(20)23(26,27)28/h1-2,5-9,12,18,21-22H,3-4,10-11H2/t18-,21+,22?/m1/s1. The van der Waals surface area contributed by atoms with E-state index in [1.165, 1.54) is 12.1 Å². The highest BCUT2D eigenvalue weighted by Crippen LogP contribution is 2.50. The van der Waals surface area contributed by atoms with Gasteiger partial charge in [0.2, 0.25) is 0 Å². The first kappa shape index (κ1) is 23.4. The van der Waals surface area contributed by atoms with Gasteiger partial charge < -0.3 is 4.74 Å². The number of hydrogen-bond acceptors (Lipinski definition) is 3. The Morgan fingerprint density at radius 3 is 2.38 bits per heavy atom. The summed E-state index contributed by atoms with van der Waals surface area (Å²) in [5, 5.41) is 0.450. The van der Waals surface area contributed by atoms with Crippen molar-refractivity contribution in [3.8, 4) is 0 Å². The first-order valence-electron chi connectivity index (χ1n) is 10.8. The van der Waals surface area contributed by atoms with Gasteiger partial charge in [0, 0.05) is 28.6 Å². The van der Waals surface area contributed by atoms with Crippen molar-refractivity contribution in [3.63, 3.8) is 0 Å². The molecule has 0 aliphatic carbocycles.